The second-order valence-electron chi connectivity index (χ2n) is 4.57. The van der Waals surface area contributed by atoms with Gasteiger partial charge in [0.15, 0.2) is 0 Å². The third-order valence-corrected chi connectivity index (χ3v) is 3.62. The lowest BCUT2D eigenvalue weighted by molar-refractivity contribution is -0.114. The molecule has 7 heteroatoms. The normalized spacial score (nSPS) is 10.0. The van der Waals surface area contributed by atoms with Crippen LogP contribution in [0.15, 0.2) is 42.5 Å². The van der Waals surface area contributed by atoms with E-state index in [1.807, 2.05) is 0 Å². The molecule has 5 nitrogen and oxygen atoms in total. The molecule has 0 saturated carbocycles. The van der Waals surface area contributed by atoms with E-state index in [-0.39, 0.29) is 12.5 Å². The van der Waals surface area contributed by atoms with Crippen molar-refractivity contribution in [2.75, 3.05) is 24.3 Å². The molecule has 2 rings (SSSR count). The van der Waals surface area contributed by atoms with Gasteiger partial charge in [-0.15, -0.1) is 0 Å². The maximum absolute atomic E-state index is 11.9. The number of halogens is 2. The SMILES string of the molecule is COC(=O)c1ccc(NCC(=O)Nc2c(Cl)cccc2Cl)cc1. The molecule has 0 atom stereocenters. The summed E-state index contributed by atoms with van der Waals surface area (Å²) < 4.78 is 4.61. The molecule has 0 aromatic heterocycles. The standard InChI is InChI=1S/C16H14Cl2N2O3/c1-23-16(22)10-5-7-11(8-6-10)19-9-14(21)20-15-12(17)3-2-4-13(15)18/h2-8,19H,9H2,1H3,(H,20,21). The Labute approximate surface area is 143 Å². The van der Waals surface area contributed by atoms with Gasteiger partial charge < -0.3 is 15.4 Å². The van der Waals surface area contributed by atoms with Crippen molar-refractivity contribution in [3.05, 3.63) is 58.1 Å². The maximum atomic E-state index is 11.9. The van der Waals surface area contributed by atoms with E-state index in [4.69, 9.17) is 23.2 Å². The van der Waals surface area contributed by atoms with Crippen LogP contribution >= 0.6 is 23.2 Å². The number of rotatable bonds is 5. The van der Waals surface area contributed by atoms with Gasteiger partial charge in [0, 0.05) is 5.69 Å². The topological polar surface area (TPSA) is 67.4 Å². The number of methoxy groups -OCH3 is 1. The predicted octanol–water partition coefficient (Wildman–Crippen LogP) is 3.83. The molecule has 2 aromatic carbocycles. The van der Waals surface area contributed by atoms with Gasteiger partial charge in [0.25, 0.3) is 0 Å². The van der Waals surface area contributed by atoms with Crippen LogP contribution in [0.25, 0.3) is 0 Å². The number of hydrogen-bond donors (Lipinski definition) is 2. The summed E-state index contributed by atoms with van der Waals surface area (Å²) in [4.78, 5) is 23.3. The van der Waals surface area contributed by atoms with E-state index in [9.17, 15) is 9.59 Å². The summed E-state index contributed by atoms with van der Waals surface area (Å²) in [5.74, 6) is -0.709. The molecule has 0 aliphatic carbocycles. The van der Waals surface area contributed by atoms with Crippen LogP contribution in [-0.2, 0) is 9.53 Å². The van der Waals surface area contributed by atoms with E-state index in [0.717, 1.165) is 0 Å². The van der Waals surface area contributed by atoms with E-state index in [2.05, 4.69) is 15.4 Å². The second kappa shape index (κ2) is 7.85. The van der Waals surface area contributed by atoms with Gasteiger partial charge >= 0.3 is 5.97 Å². The Morgan fingerprint density at radius 3 is 2.22 bits per heavy atom. The molecular weight excluding hydrogens is 339 g/mol. The lowest BCUT2D eigenvalue weighted by Crippen LogP contribution is -2.22. The van der Waals surface area contributed by atoms with Crippen molar-refractivity contribution >= 4 is 46.5 Å². The predicted molar refractivity (Wildman–Crippen MR) is 91.4 cm³/mol. The zero-order valence-corrected chi connectivity index (χ0v) is 13.7. The van der Waals surface area contributed by atoms with E-state index >= 15 is 0 Å². The van der Waals surface area contributed by atoms with Gasteiger partial charge in [-0.1, -0.05) is 29.3 Å². The molecule has 0 saturated heterocycles. The van der Waals surface area contributed by atoms with Gasteiger partial charge in [0.05, 0.1) is 35.0 Å². The van der Waals surface area contributed by atoms with Crippen LogP contribution in [0.5, 0.6) is 0 Å². The zero-order valence-electron chi connectivity index (χ0n) is 12.2. The monoisotopic (exact) mass is 352 g/mol. The quantitative estimate of drug-likeness (QED) is 0.802. The van der Waals surface area contributed by atoms with Crippen LogP contribution in [0, 0.1) is 0 Å². The molecule has 0 radical (unpaired) electrons. The highest BCUT2D eigenvalue weighted by Crippen LogP contribution is 2.29. The summed E-state index contributed by atoms with van der Waals surface area (Å²) in [6, 6.07) is 11.6. The van der Waals surface area contributed by atoms with Gasteiger partial charge in [-0.2, -0.15) is 0 Å². The van der Waals surface area contributed by atoms with Crippen LogP contribution in [0.4, 0.5) is 11.4 Å². The number of nitrogens with one attached hydrogen (secondary N) is 2. The van der Waals surface area contributed by atoms with Crippen molar-refractivity contribution < 1.29 is 14.3 Å². The fraction of sp³-hybridized carbons (Fsp3) is 0.125. The van der Waals surface area contributed by atoms with E-state index in [1.165, 1.54) is 7.11 Å². The van der Waals surface area contributed by atoms with Crippen molar-refractivity contribution in [1.82, 2.24) is 0 Å². The molecule has 0 aliphatic heterocycles. The summed E-state index contributed by atoms with van der Waals surface area (Å²) in [6.45, 7) is 0.0269. The molecule has 23 heavy (non-hydrogen) atoms. The van der Waals surface area contributed by atoms with Crippen LogP contribution in [0.2, 0.25) is 10.0 Å². The highest BCUT2D eigenvalue weighted by Gasteiger charge is 2.10. The molecule has 2 aromatic rings. The summed E-state index contributed by atoms with van der Waals surface area (Å²) in [5.41, 5.74) is 1.51. The molecule has 0 unspecified atom stereocenters. The molecule has 0 spiro atoms. The summed E-state index contributed by atoms with van der Waals surface area (Å²) >= 11 is 12.0. The van der Waals surface area contributed by atoms with E-state index < -0.39 is 5.97 Å². The maximum Gasteiger partial charge on any atom is 0.337 e. The van der Waals surface area contributed by atoms with Crippen molar-refractivity contribution in [2.24, 2.45) is 0 Å². The Morgan fingerprint density at radius 1 is 1.04 bits per heavy atom. The minimum absolute atomic E-state index is 0.0269. The molecule has 0 bridgehead atoms. The van der Waals surface area contributed by atoms with Crippen molar-refractivity contribution in [3.63, 3.8) is 0 Å². The average Bonchev–Trinajstić information content (AvgIpc) is 2.56. The molecule has 0 fully saturated rings. The van der Waals surface area contributed by atoms with Crippen LogP contribution in [0.3, 0.4) is 0 Å². The number of benzene rings is 2. The Bertz CT molecular complexity index is 698. The smallest absolute Gasteiger partial charge is 0.337 e. The fourth-order valence-electron chi connectivity index (χ4n) is 1.83. The summed E-state index contributed by atoms with van der Waals surface area (Å²) in [5, 5.41) is 6.32. The average molecular weight is 353 g/mol. The zero-order chi connectivity index (χ0) is 16.8. The number of esters is 1. The number of carbonyl (C=O) groups excluding carboxylic acids is 2. The molecule has 0 aliphatic rings. The van der Waals surface area contributed by atoms with Crippen LogP contribution in [0.1, 0.15) is 10.4 Å². The Kier molecular flexibility index (Phi) is 5.84. The van der Waals surface area contributed by atoms with Gasteiger partial charge in [-0.05, 0) is 36.4 Å². The first-order valence-corrected chi connectivity index (χ1v) is 7.43. The second-order valence-corrected chi connectivity index (χ2v) is 5.38. The number of ether oxygens (including phenoxy) is 1. The first-order valence-electron chi connectivity index (χ1n) is 6.67. The van der Waals surface area contributed by atoms with Crippen LogP contribution in [-0.4, -0.2) is 25.5 Å². The number of carbonyl (C=O) groups is 2. The minimum Gasteiger partial charge on any atom is -0.465 e. The van der Waals surface area contributed by atoms with Crippen molar-refractivity contribution in [1.29, 1.82) is 0 Å². The first-order chi connectivity index (χ1) is 11.0. The molecule has 120 valence electrons. The van der Waals surface area contributed by atoms with E-state index in [0.29, 0.717) is 27.0 Å². The fourth-order valence-corrected chi connectivity index (χ4v) is 2.32. The van der Waals surface area contributed by atoms with E-state index in [1.54, 1.807) is 42.5 Å². The number of anilines is 2. The molecule has 2 N–H and O–H groups in total. The van der Waals surface area contributed by atoms with Gasteiger partial charge in [-0.25, -0.2) is 4.79 Å². The van der Waals surface area contributed by atoms with Crippen molar-refractivity contribution in [2.45, 2.75) is 0 Å². The van der Waals surface area contributed by atoms with Crippen molar-refractivity contribution in [3.8, 4) is 0 Å². The highest BCUT2D eigenvalue weighted by atomic mass is 35.5. The van der Waals surface area contributed by atoms with Gasteiger partial charge in [0.2, 0.25) is 5.91 Å². The highest BCUT2D eigenvalue weighted by molar-refractivity contribution is 6.39. The third-order valence-electron chi connectivity index (χ3n) is 2.99. The largest absolute Gasteiger partial charge is 0.465 e. The Morgan fingerprint density at radius 2 is 1.65 bits per heavy atom. The lowest BCUT2D eigenvalue weighted by atomic mass is 10.2. The molecule has 1 amide bonds. The van der Waals surface area contributed by atoms with Gasteiger partial charge in [-0.3, -0.25) is 4.79 Å². The molecule has 0 heterocycles. The number of amides is 1. The van der Waals surface area contributed by atoms with Gasteiger partial charge in [0.1, 0.15) is 0 Å². The Hall–Kier alpha value is -2.24. The number of para-hydroxylation sites is 1. The Balaban J connectivity index is 1.93. The lowest BCUT2D eigenvalue weighted by Gasteiger charge is -2.10. The molecular formula is C16H14Cl2N2O3. The number of hydrogen-bond acceptors (Lipinski definition) is 4. The third kappa shape index (κ3) is 4.61. The summed E-state index contributed by atoms with van der Waals surface area (Å²) in [7, 11) is 1.32. The minimum atomic E-state index is -0.414. The first kappa shape index (κ1) is 17.1. The van der Waals surface area contributed by atoms with Crippen LogP contribution < -0.4 is 10.6 Å². The summed E-state index contributed by atoms with van der Waals surface area (Å²) in [6.07, 6.45) is 0.